The Morgan fingerprint density at radius 2 is 1.94 bits per heavy atom. The molecule has 18 heavy (non-hydrogen) atoms. The number of halogens is 1. The summed E-state index contributed by atoms with van der Waals surface area (Å²) in [4.78, 5) is 0.0478. The second kappa shape index (κ2) is 4.62. The number of H-pyrrole nitrogens is 1. The van der Waals surface area contributed by atoms with Crippen LogP contribution < -0.4 is 4.72 Å². The van der Waals surface area contributed by atoms with E-state index >= 15 is 0 Å². The van der Waals surface area contributed by atoms with Crippen molar-refractivity contribution in [3.8, 4) is 0 Å². The van der Waals surface area contributed by atoms with Gasteiger partial charge in [0.05, 0.1) is 22.1 Å². The largest absolute Gasteiger partial charge is 0.280 e. The Morgan fingerprint density at radius 1 is 1.28 bits per heavy atom. The first-order valence-corrected chi connectivity index (χ1v) is 7.07. The van der Waals surface area contributed by atoms with Gasteiger partial charge in [-0.3, -0.25) is 9.82 Å². The molecule has 0 spiro atoms. The highest BCUT2D eigenvalue weighted by Gasteiger charge is 2.20. The van der Waals surface area contributed by atoms with Gasteiger partial charge in [0.25, 0.3) is 10.0 Å². The molecule has 0 aliphatic heterocycles. The zero-order chi connectivity index (χ0) is 13.3. The lowest BCUT2D eigenvalue weighted by Crippen LogP contribution is -2.14. The summed E-state index contributed by atoms with van der Waals surface area (Å²) in [5.74, 6) is 0. The molecule has 0 unspecified atom stereocenters. The second-order valence-corrected chi connectivity index (χ2v) is 5.90. The van der Waals surface area contributed by atoms with E-state index in [1.54, 1.807) is 26.0 Å². The van der Waals surface area contributed by atoms with E-state index in [0.717, 1.165) is 0 Å². The van der Waals surface area contributed by atoms with Crippen molar-refractivity contribution >= 4 is 27.3 Å². The van der Waals surface area contributed by atoms with Gasteiger partial charge in [0, 0.05) is 0 Å². The molecule has 0 amide bonds. The first-order chi connectivity index (χ1) is 8.42. The van der Waals surface area contributed by atoms with Crippen LogP contribution in [0.15, 0.2) is 29.2 Å². The van der Waals surface area contributed by atoms with E-state index < -0.39 is 10.0 Å². The molecule has 96 valence electrons. The summed E-state index contributed by atoms with van der Waals surface area (Å²) in [5, 5.41) is 6.83. The van der Waals surface area contributed by atoms with Crippen molar-refractivity contribution < 1.29 is 8.42 Å². The summed E-state index contributed by atoms with van der Waals surface area (Å²) >= 11 is 5.89. The predicted molar refractivity (Wildman–Crippen MR) is 70.3 cm³/mol. The summed E-state index contributed by atoms with van der Waals surface area (Å²) in [6.07, 6.45) is 0. The molecule has 0 atom stereocenters. The van der Waals surface area contributed by atoms with E-state index in [-0.39, 0.29) is 9.92 Å². The third-order valence-electron chi connectivity index (χ3n) is 2.49. The zero-order valence-corrected chi connectivity index (χ0v) is 11.4. The maximum absolute atomic E-state index is 12.2. The van der Waals surface area contributed by atoms with Crippen LogP contribution in [0.25, 0.3) is 0 Å². The van der Waals surface area contributed by atoms with Crippen LogP contribution in [0.3, 0.4) is 0 Å². The summed E-state index contributed by atoms with van der Waals surface area (Å²) in [7, 11) is -3.70. The van der Waals surface area contributed by atoms with Crippen molar-refractivity contribution in [1.82, 2.24) is 10.2 Å². The number of rotatable bonds is 3. The molecule has 2 aromatic rings. The molecule has 2 rings (SSSR count). The Labute approximate surface area is 110 Å². The van der Waals surface area contributed by atoms with Gasteiger partial charge in [0.1, 0.15) is 4.90 Å². The van der Waals surface area contributed by atoms with Crippen molar-refractivity contribution in [3.05, 3.63) is 40.7 Å². The Morgan fingerprint density at radius 3 is 2.50 bits per heavy atom. The quantitative estimate of drug-likeness (QED) is 0.910. The number of aryl methyl sites for hydroxylation is 2. The van der Waals surface area contributed by atoms with Crippen LogP contribution in [0.2, 0.25) is 5.02 Å². The number of nitrogens with zero attached hydrogens (tertiary/aromatic N) is 1. The van der Waals surface area contributed by atoms with Gasteiger partial charge in [-0.25, -0.2) is 8.42 Å². The summed E-state index contributed by atoms with van der Waals surface area (Å²) in [5.41, 5.74) is 1.70. The fourth-order valence-electron chi connectivity index (χ4n) is 1.55. The highest BCUT2D eigenvalue weighted by atomic mass is 35.5. The van der Waals surface area contributed by atoms with E-state index in [9.17, 15) is 8.42 Å². The number of hydrogen-bond acceptors (Lipinski definition) is 3. The molecule has 7 heteroatoms. The average molecular weight is 286 g/mol. The van der Waals surface area contributed by atoms with E-state index in [1.165, 1.54) is 12.1 Å². The zero-order valence-electron chi connectivity index (χ0n) is 9.86. The van der Waals surface area contributed by atoms with Crippen LogP contribution in [-0.2, 0) is 10.0 Å². The molecule has 0 radical (unpaired) electrons. The van der Waals surface area contributed by atoms with Crippen LogP contribution in [0.4, 0.5) is 5.69 Å². The number of aromatic nitrogens is 2. The lowest BCUT2D eigenvalue weighted by molar-refractivity contribution is 0.601. The SMILES string of the molecule is Cc1n[nH]c(C)c1NS(=O)(=O)c1ccccc1Cl. The standard InChI is InChI=1S/C11H12ClN3O2S/c1-7-11(8(2)14-13-7)15-18(16,17)10-6-4-3-5-9(10)12/h3-6,15H,1-2H3,(H,13,14). The molecular weight excluding hydrogens is 274 g/mol. The molecular formula is C11H12ClN3O2S. The monoisotopic (exact) mass is 285 g/mol. The topological polar surface area (TPSA) is 74.8 Å². The van der Waals surface area contributed by atoms with Crippen molar-refractivity contribution in [2.24, 2.45) is 0 Å². The van der Waals surface area contributed by atoms with Gasteiger partial charge in [0.2, 0.25) is 0 Å². The first-order valence-electron chi connectivity index (χ1n) is 5.21. The van der Waals surface area contributed by atoms with Crippen LogP contribution in [0.1, 0.15) is 11.4 Å². The molecule has 1 aromatic carbocycles. The summed E-state index contributed by atoms with van der Waals surface area (Å²) < 4.78 is 26.9. The Balaban J connectivity index is 2.43. The van der Waals surface area contributed by atoms with Gasteiger partial charge in [-0.15, -0.1) is 0 Å². The number of sulfonamides is 1. The van der Waals surface area contributed by atoms with Crippen molar-refractivity contribution in [2.75, 3.05) is 4.72 Å². The molecule has 2 N–H and O–H groups in total. The minimum atomic E-state index is -3.70. The molecule has 0 aliphatic carbocycles. The van der Waals surface area contributed by atoms with Gasteiger partial charge < -0.3 is 0 Å². The van der Waals surface area contributed by atoms with Crippen LogP contribution in [0, 0.1) is 13.8 Å². The van der Waals surface area contributed by atoms with E-state index in [4.69, 9.17) is 11.6 Å². The Hall–Kier alpha value is -1.53. The van der Waals surface area contributed by atoms with Gasteiger partial charge in [-0.2, -0.15) is 5.10 Å². The fraction of sp³-hybridized carbons (Fsp3) is 0.182. The predicted octanol–water partition coefficient (Wildman–Crippen LogP) is 2.48. The van der Waals surface area contributed by atoms with Crippen LogP contribution >= 0.6 is 11.6 Å². The molecule has 1 aromatic heterocycles. The molecule has 0 saturated carbocycles. The molecule has 0 saturated heterocycles. The second-order valence-electron chi connectivity index (χ2n) is 3.84. The third-order valence-corrected chi connectivity index (χ3v) is 4.34. The maximum Gasteiger partial charge on any atom is 0.263 e. The number of nitrogens with one attached hydrogen (secondary N) is 2. The molecule has 0 fully saturated rings. The maximum atomic E-state index is 12.2. The fourth-order valence-corrected chi connectivity index (χ4v) is 3.26. The highest BCUT2D eigenvalue weighted by Crippen LogP contribution is 2.25. The first kappa shape index (κ1) is 12.9. The normalized spacial score (nSPS) is 11.5. The van der Waals surface area contributed by atoms with Gasteiger partial charge in [-0.05, 0) is 26.0 Å². The highest BCUT2D eigenvalue weighted by molar-refractivity contribution is 7.92. The minimum absolute atomic E-state index is 0.0478. The number of aromatic amines is 1. The smallest absolute Gasteiger partial charge is 0.263 e. The molecule has 0 bridgehead atoms. The summed E-state index contributed by atoms with van der Waals surface area (Å²) in [6.45, 7) is 3.46. The van der Waals surface area contributed by atoms with Gasteiger partial charge >= 0.3 is 0 Å². The average Bonchev–Trinajstić information content (AvgIpc) is 2.61. The Kier molecular flexibility index (Phi) is 3.32. The van der Waals surface area contributed by atoms with Crippen LogP contribution in [-0.4, -0.2) is 18.6 Å². The number of anilines is 1. The van der Waals surface area contributed by atoms with E-state index in [0.29, 0.717) is 17.1 Å². The van der Waals surface area contributed by atoms with Crippen LogP contribution in [0.5, 0.6) is 0 Å². The molecule has 1 heterocycles. The van der Waals surface area contributed by atoms with Crippen molar-refractivity contribution in [1.29, 1.82) is 0 Å². The summed E-state index contributed by atoms with van der Waals surface area (Å²) in [6, 6.07) is 6.28. The number of hydrogen-bond donors (Lipinski definition) is 2. The molecule has 5 nitrogen and oxygen atoms in total. The third kappa shape index (κ3) is 2.34. The van der Waals surface area contributed by atoms with Crippen molar-refractivity contribution in [2.45, 2.75) is 18.7 Å². The van der Waals surface area contributed by atoms with Gasteiger partial charge in [-0.1, -0.05) is 23.7 Å². The molecule has 0 aliphatic rings. The van der Waals surface area contributed by atoms with E-state index in [1.807, 2.05) is 0 Å². The van der Waals surface area contributed by atoms with Gasteiger partial charge in [0.15, 0.2) is 0 Å². The minimum Gasteiger partial charge on any atom is -0.280 e. The lowest BCUT2D eigenvalue weighted by Gasteiger charge is -2.09. The van der Waals surface area contributed by atoms with Crippen molar-refractivity contribution in [3.63, 3.8) is 0 Å². The Bertz CT molecular complexity index is 660. The lowest BCUT2D eigenvalue weighted by atomic mass is 10.3. The van der Waals surface area contributed by atoms with E-state index in [2.05, 4.69) is 14.9 Å². The number of benzene rings is 1.